The number of rotatable bonds is 3. The second kappa shape index (κ2) is 7.25. The SMILES string of the molecule is O=c1c(-c2ccccc2)c([O-])c(Br)c(-c2ccccc2)n1-c1ccccc1. The molecule has 0 unspecified atom stereocenters. The van der Waals surface area contributed by atoms with Crippen molar-refractivity contribution in [3.63, 3.8) is 0 Å². The zero-order chi connectivity index (χ0) is 18.8. The molecular formula is C23H15BrNO2-. The highest BCUT2D eigenvalue weighted by molar-refractivity contribution is 9.10. The number of hydrogen-bond donors (Lipinski definition) is 0. The summed E-state index contributed by atoms with van der Waals surface area (Å²) in [5, 5.41) is 13.1. The molecule has 4 heteroatoms. The quantitative estimate of drug-likeness (QED) is 0.471. The molecule has 0 atom stereocenters. The lowest BCUT2D eigenvalue weighted by Gasteiger charge is -2.23. The molecule has 0 aliphatic rings. The number of nitrogens with zero attached hydrogens (tertiary/aromatic N) is 1. The summed E-state index contributed by atoms with van der Waals surface area (Å²) in [6, 6.07) is 27.9. The Morgan fingerprint density at radius 1 is 0.704 bits per heavy atom. The number of aromatic nitrogens is 1. The third-order valence-corrected chi connectivity index (χ3v) is 5.13. The van der Waals surface area contributed by atoms with E-state index in [4.69, 9.17) is 0 Å². The summed E-state index contributed by atoms with van der Waals surface area (Å²) in [4.78, 5) is 13.5. The first-order valence-electron chi connectivity index (χ1n) is 8.50. The van der Waals surface area contributed by atoms with Crippen LogP contribution in [0.3, 0.4) is 0 Å². The monoisotopic (exact) mass is 416 g/mol. The first-order chi connectivity index (χ1) is 13.2. The van der Waals surface area contributed by atoms with Crippen LogP contribution in [0.5, 0.6) is 5.75 Å². The molecular weight excluding hydrogens is 402 g/mol. The number of benzene rings is 3. The Labute approximate surface area is 165 Å². The van der Waals surface area contributed by atoms with Crippen molar-refractivity contribution in [3.05, 3.63) is 106 Å². The molecule has 0 saturated carbocycles. The molecule has 1 aromatic heterocycles. The van der Waals surface area contributed by atoms with E-state index in [9.17, 15) is 9.90 Å². The van der Waals surface area contributed by atoms with E-state index in [1.807, 2.05) is 78.9 Å². The molecule has 4 rings (SSSR count). The van der Waals surface area contributed by atoms with Gasteiger partial charge in [-0.15, -0.1) is 0 Å². The molecule has 0 bridgehead atoms. The normalized spacial score (nSPS) is 10.7. The second-order valence-electron chi connectivity index (χ2n) is 6.07. The van der Waals surface area contributed by atoms with Gasteiger partial charge in [-0.3, -0.25) is 9.36 Å². The Balaban J connectivity index is 2.14. The van der Waals surface area contributed by atoms with E-state index >= 15 is 0 Å². The van der Waals surface area contributed by atoms with Gasteiger partial charge in [0.05, 0.1) is 5.69 Å². The van der Waals surface area contributed by atoms with Crippen molar-refractivity contribution in [1.29, 1.82) is 0 Å². The zero-order valence-electron chi connectivity index (χ0n) is 14.3. The van der Waals surface area contributed by atoms with Gasteiger partial charge in [0.25, 0.3) is 5.56 Å². The Morgan fingerprint density at radius 3 is 1.74 bits per heavy atom. The van der Waals surface area contributed by atoms with E-state index in [2.05, 4.69) is 15.9 Å². The van der Waals surface area contributed by atoms with Crippen molar-refractivity contribution in [1.82, 2.24) is 4.57 Å². The lowest BCUT2D eigenvalue weighted by atomic mass is 10.0. The van der Waals surface area contributed by atoms with Crippen LogP contribution in [0, 0.1) is 0 Å². The summed E-state index contributed by atoms with van der Waals surface area (Å²) in [5.41, 5.74) is 2.49. The maximum Gasteiger partial charge on any atom is 0.262 e. The third-order valence-electron chi connectivity index (χ3n) is 4.40. The van der Waals surface area contributed by atoms with E-state index in [1.165, 1.54) is 0 Å². The van der Waals surface area contributed by atoms with Crippen LogP contribution in [-0.4, -0.2) is 4.57 Å². The van der Waals surface area contributed by atoms with Gasteiger partial charge in [-0.25, -0.2) is 0 Å². The van der Waals surface area contributed by atoms with Crippen molar-refractivity contribution in [2.45, 2.75) is 0 Å². The zero-order valence-corrected chi connectivity index (χ0v) is 15.9. The van der Waals surface area contributed by atoms with Crippen molar-refractivity contribution in [2.75, 3.05) is 0 Å². The van der Waals surface area contributed by atoms with Crippen LogP contribution in [-0.2, 0) is 0 Å². The van der Waals surface area contributed by atoms with Gasteiger partial charge in [-0.05, 0) is 39.2 Å². The smallest absolute Gasteiger partial charge is 0.262 e. The van der Waals surface area contributed by atoms with Gasteiger partial charge in [0, 0.05) is 15.7 Å². The van der Waals surface area contributed by atoms with Crippen LogP contribution in [0.2, 0.25) is 0 Å². The van der Waals surface area contributed by atoms with Crippen LogP contribution in [0.4, 0.5) is 0 Å². The van der Waals surface area contributed by atoms with Crippen LogP contribution in [0.25, 0.3) is 28.1 Å². The van der Waals surface area contributed by atoms with Crippen molar-refractivity contribution >= 4 is 15.9 Å². The van der Waals surface area contributed by atoms with E-state index in [0.29, 0.717) is 21.4 Å². The molecule has 132 valence electrons. The fourth-order valence-electron chi connectivity index (χ4n) is 3.16. The Bertz CT molecular complexity index is 1140. The maximum absolute atomic E-state index is 13.5. The summed E-state index contributed by atoms with van der Waals surface area (Å²) >= 11 is 3.48. The highest BCUT2D eigenvalue weighted by atomic mass is 79.9. The molecule has 0 N–H and O–H groups in total. The molecule has 0 amide bonds. The third kappa shape index (κ3) is 3.09. The Hall–Kier alpha value is -3.11. The van der Waals surface area contributed by atoms with Crippen LogP contribution >= 0.6 is 15.9 Å². The van der Waals surface area contributed by atoms with Gasteiger partial charge >= 0.3 is 0 Å². The predicted molar refractivity (Wildman–Crippen MR) is 110 cm³/mol. The van der Waals surface area contributed by atoms with Crippen LogP contribution < -0.4 is 10.7 Å². The van der Waals surface area contributed by atoms with Crippen molar-refractivity contribution < 1.29 is 5.11 Å². The topological polar surface area (TPSA) is 45.1 Å². The number of para-hydroxylation sites is 1. The summed E-state index contributed by atoms with van der Waals surface area (Å²) < 4.78 is 1.97. The van der Waals surface area contributed by atoms with Gasteiger partial charge in [0.1, 0.15) is 0 Å². The molecule has 27 heavy (non-hydrogen) atoms. The Morgan fingerprint density at radius 2 is 1.19 bits per heavy atom. The molecule has 3 nitrogen and oxygen atoms in total. The van der Waals surface area contributed by atoms with Crippen LogP contribution in [0.1, 0.15) is 0 Å². The molecule has 3 aromatic carbocycles. The first-order valence-corrected chi connectivity index (χ1v) is 9.29. The highest BCUT2D eigenvalue weighted by Crippen LogP contribution is 2.38. The van der Waals surface area contributed by atoms with Gasteiger partial charge in [-0.1, -0.05) is 84.6 Å². The minimum absolute atomic E-state index is 0.158. The largest absolute Gasteiger partial charge is 0.871 e. The Kier molecular flexibility index (Phi) is 4.65. The average Bonchev–Trinajstić information content (AvgIpc) is 2.73. The van der Waals surface area contributed by atoms with Crippen molar-refractivity contribution in [3.8, 4) is 33.8 Å². The summed E-state index contributed by atoms with van der Waals surface area (Å²) in [7, 11) is 0. The molecule has 0 fully saturated rings. The highest BCUT2D eigenvalue weighted by Gasteiger charge is 2.19. The van der Waals surface area contributed by atoms with Gasteiger partial charge < -0.3 is 5.11 Å². The molecule has 0 aliphatic carbocycles. The molecule has 0 saturated heterocycles. The first kappa shape index (κ1) is 17.3. The fraction of sp³-hybridized carbons (Fsp3) is 0. The molecule has 4 aromatic rings. The molecule has 1 heterocycles. The minimum Gasteiger partial charge on any atom is -0.871 e. The van der Waals surface area contributed by atoms with E-state index < -0.39 is 0 Å². The maximum atomic E-state index is 13.5. The number of pyridine rings is 1. The van der Waals surface area contributed by atoms with Gasteiger partial charge in [0.2, 0.25) is 0 Å². The lowest BCUT2D eigenvalue weighted by Crippen LogP contribution is -2.24. The van der Waals surface area contributed by atoms with E-state index in [0.717, 1.165) is 5.56 Å². The fourth-order valence-corrected chi connectivity index (χ4v) is 3.77. The second-order valence-corrected chi connectivity index (χ2v) is 6.87. The standard InChI is InChI=1S/C23H16BrNO2/c24-20-21(17-12-6-2-7-13-17)25(18-14-8-3-9-15-18)23(27)19(22(20)26)16-10-4-1-5-11-16/h1-15,26H/p-1. The van der Waals surface area contributed by atoms with Gasteiger partial charge in [-0.2, -0.15) is 0 Å². The lowest BCUT2D eigenvalue weighted by molar-refractivity contribution is -0.268. The summed E-state index contributed by atoms with van der Waals surface area (Å²) in [6.45, 7) is 0. The van der Waals surface area contributed by atoms with Gasteiger partial charge in [0.15, 0.2) is 0 Å². The number of hydrogen-bond acceptors (Lipinski definition) is 2. The molecule has 0 radical (unpaired) electrons. The molecule has 0 spiro atoms. The van der Waals surface area contributed by atoms with Crippen molar-refractivity contribution in [2.24, 2.45) is 0 Å². The predicted octanol–water partition coefficient (Wildman–Crippen LogP) is 5.01. The van der Waals surface area contributed by atoms with E-state index in [1.54, 1.807) is 16.7 Å². The van der Waals surface area contributed by atoms with Crippen LogP contribution in [0.15, 0.2) is 100 Å². The summed E-state index contributed by atoms with van der Waals surface area (Å²) in [5.74, 6) is -0.308. The molecule has 0 aliphatic heterocycles. The van der Waals surface area contributed by atoms with E-state index in [-0.39, 0.29) is 16.9 Å². The number of halogens is 1. The summed E-state index contributed by atoms with van der Waals surface area (Å²) in [6.07, 6.45) is 0. The minimum atomic E-state index is -0.334. The average molecular weight is 417 g/mol.